The largest absolute Gasteiger partial charge is 0.342 e. The van der Waals surface area contributed by atoms with Gasteiger partial charge in [-0.15, -0.1) is 0 Å². The van der Waals surface area contributed by atoms with Crippen molar-refractivity contribution in [3.8, 4) is 0 Å². The maximum Gasteiger partial charge on any atom is 0.108 e. The highest BCUT2D eigenvalue weighted by Gasteiger charge is 2.04. The van der Waals surface area contributed by atoms with Crippen LogP contribution in [0.3, 0.4) is 0 Å². The minimum atomic E-state index is 0.707. The zero-order chi connectivity index (χ0) is 10.7. The lowest BCUT2D eigenvalue weighted by atomic mass is 10.3. The molecule has 2 aromatic rings. The number of hydrogen-bond donors (Lipinski definition) is 2. The van der Waals surface area contributed by atoms with Gasteiger partial charge >= 0.3 is 0 Å². The number of nitrogens with one attached hydrogen (secondary N) is 2. The maximum atomic E-state index is 6.03. The van der Waals surface area contributed by atoms with Crippen LogP contribution in [0, 0.1) is 0 Å². The van der Waals surface area contributed by atoms with Crippen LogP contribution in [0.2, 0.25) is 5.02 Å². The van der Waals surface area contributed by atoms with Gasteiger partial charge < -0.3 is 10.3 Å². The van der Waals surface area contributed by atoms with E-state index in [2.05, 4.69) is 22.2 Å². The summed E-state index contributed by atoms with van der Waals surface area (Å²) in [7, 11) is 0. The van der Waals surface area contributed by atoms with Crippen molar-refractivity contribution in [2.45, 2.75) is 13.3 Å². The van der Waals surface area contributed by atoms with E-state index in [1.54, 1.807) is 0 Å². The molecule has 0 spiro atoms. The van der Waals surface area contributed by atoms with E-state index in [0.717, 1.165) is 36.4 Å². The Kier molecular flexibility index (Phi) is 3.23. The van der Waals surface area contributed by atoms with Crippen molar-refractivity contribution in [1.29, 1.82) is 0 Å². The van der Waals surface area contributed by atoms with Crippen molar-refractivity contribution in [1.82, 2.24) is 15.3 Å². The Balaban J connectivity index is 2.20. The Morgan fingerprint density at radius 2 is 2.33 bits per heavy atom. The SMILES string of the molecule is CCNCCc1nc2c(Cl)cccc2[nH]1. The van der Waals surface area contributed by atoms with Crippen LogP contribution in [0.5, 0.6) is 0 Å². The van der Waals surface area contributed by atoms with Crippen molar-refractivity contribution in [3.05, 3.63) is 29.0 Å². The Labute approximate surface area is 93.9 Å². The first-order chi connectivity index (χ1) is 7.31. The molecule has 1 aromatic carbocycles. The van der Waals surface area contributed by atoms with E-state index in [1.807, 2.05) is 18.2 Å². The van der Waals surface area contributed by atoms with Crippen molar-refractivity contribution < 1.29 is 0 Å². The van der Waals surface area contributed by atoms with Gasteiger partial charge in [0.2, 0.25) is 0 Å². The summed E-state index contributed by atoms with van der Waals surface area (Å²) in [6.45, 7) is 4.02. The summed E-state index contributed by atoms with van der Waals surface area (Å²) in [6.07, 6.45) is 0.902. The lowest BCUT2D eigenvalue weighted by Crippen LogP contribution is -2.16. The maximum absolute atomic E-state index is 6.03. The fraction of sp³-hybridized carbons (Fsp3) is 0.364. The normalized spacial score (nSPS) is 11.1. The predicted molar refractivity (Wildman–Crippen MR) is 63.4 cm³/mol. The fourth-order valence-corrected chi connectivity index (χ4v) is 1.77. The molecule has 2 N–H and O–H groups in total. The Morgan fingerprint density at radius 1 is 1.47 bits per heavy atom. The fourth-order valence-electron chi connectivity index (χ4n) is 1.55. The highest BCUT2D eigenvalue weighted by molar-refractivity contribution is 6.34. The van der Waals surface area contributed by atoms with Gasteiger partial charge in [0.15, 0.2) is 0 Å². The molecule has 0 saturated heterocycles. The van der Waals surface area contributed by atoms with E-state index in [-0.39, 0.29) is 0 Å². The van der Waals surface area contributed by atoms with Crippen LogP contribution < -0.4 is 5.32 Å². The number of benzene rings is 1. The molecule has 0 unspecified atom stereocenters. The Bertz CT molecular complexity index is 450. The summed E-state index contributed by atoms with van der Waals surface area (Å²) in [5, 5.41) is 3.97. The molecule has 0 saturated carbocycles. The molecule has 0 aliphatic rings. The molecule has 0 atom stereocenters. The molecule has 15 heavy (non-hydrogen) atoms. The third kappa shape index (κ3) is 2.30. The molecular formula is C11H14ClN3. The first kappa shape index (κ1) is 10.5. The number of aromatic amines is 1. The third-order valence-electron chi connectivity index (χ3n) is 2.30. The van der Waals surface area contributed by atoms with Gasteiger partial charge in [0, 0.05) is 13.0 Å². The molecule has 0 fully saturated rings. The second-order valence-corrected chi connectivity index (χ2v) is 3.83. The predicted octanol–water partition coefficient (Wildman–Crippen LogP) is 2.37. The van der Waals surface area contributed by atoms with Crippen LogP contribution in [-0.4, -0.2) is 23.1 Å². The average Bonchev–Trinajstić information content (AvgIpc) is 2.63. The summed E-state index contributed by atoms with van der Waals surface area (Å²) in [4.78, 5) is 7.72. The number of rotatable bonds is 4. The van der Waals surface area contributed by atoms with Gasteiger partial charge in [-0.2, -0.15) is 0 Å². The zero-order valence-electron chi connectivity index (χ0n) is 8.68. The highest BCUT2D eigenvalue weighted by Crippen LogP contribution is 2.20. The minimum absolute atomic E-state index is 0.707. The molecule has 0 bridgehead atoms. The van der Waals surface area contributed by atoms with E-state index in [1.165, 1.54) is 0 Å². The van der Waals surface area contributed by atoms with Gasteiger partial charge in [0.25, 0.3) is 0 Å². The number of halogens is 1. The number of H-pyrrole nitrogens is 1. The molecule has 1 heterocycles. The van der Waals surface area contributed by atoms with Gasteiger partial charge in [-0.1, -0.05) is 24.6 Å². The topological polar surface area (TPSA) is 40.7 Å². The van der Waals surface area contributed by atoms with Gasteiger partial charge in [0.05, 0.1) is 10.5 Å². The average molecular weight is 224 g/mol. The lowest BCUT2D eigenvalue weighted by molar-refractivity contribution is 0.702. The molecule has 2 rings (SSSR count). The molecule has 0 aliphatic heterocycles. The van der Waals surface area contributed by atoms with Gasteiger partial charge in [-0.25, -0.2) is 4.98 Å². The van der Waals surface area contributed by atoms with Crippen LogP contribution in [0.4, 0.5) is 0 Å². The smallest absolute Gasteiger partial charge is 0.108 e. The summed E-state index contributed by atoms with van der Waals surface area (Å²) in [5.41, 5.74) is 1.87. The third-order valence-corrected chi connectivity index (χ3v) is 2.61. The number of para-hydroxylation sites is 1. The van der Waals surface area contributed by atoms with Crippen LogP contribution in [0.1, 0.15) is 12.7 Å². The number of hydrogen-bond acceptors (Lipinski definition) is 2. The first-order valence-electron chi connectivity index (χ1n) is 5.15. The first-order valence-corrected chi connectivity index (χ1v) is 5.53. The number of fused-ring (bicyclic) bond motifs is 1. The van der Waals surface area contributed by atoms with E-state index in [4.69, 9.17) is 11.6 Å². The molecule has 0 amide bonds. The van der Waals surface area contributed by atoms with Crippen LogP contribution >= 0.6 is 11.6 Å². The monoisotopic (exact) mass is 223 g/mol. The molecule has 3 nitrogen and oxygen atoms in total. The highest BCUT2D eigenvalue weighted by atomic mass is 35.5. The minimum Gasteiger partial charge on any atom is -0.342 e. The van der Waals surface area contributed by atoms with Crippen molar-refractivity contribution in [3.63, 3.8) is 0 Å². The molecule has 4 heteroatoms. The molecule has 0 radical (unpaired) electrons. The Hall–Kier alpha value is -1.06. The number of aromatic nitrogens is 2. The van der Waals surface area contributed by atoms with E-state index >= 15 is 0 Å². The van der Waals surface area contributed by atoms with Gasteiger partial charge in [-0.3, -0.25) is 0 Å². The number of likely N-dealkylation sites (N-methyl/N-ethyl adjacent to an activating group) is 1. The van der Waals surface area contributed by atoms with E-state index in [0.29, 0.717) is 5.02 Å². The molecule has 0 aliphatic carbocycles. The quantitative estimate of drug-likeness (QED) is 0.782. The van der Waals surface area contributed by atoms with Gasteiger partial charge in [0.1, 0.15) is 11.3 Å². The van der Waals surface area contributed by atoms with Crippen LogP contribution in [0.25, 0.3) is 11.0 Å². The summed E-state index contributed by atoms with van der Waals surface area (Å²) in [5.74, 6) is 0.985. The molecule has 1 aromatic heterocycles. The summed E-state index contributed by atoms with van der Waals surface area (Å²) >= 11 is 6.03. The van der Waals surface area contributed by atoms with E-state index < -0.39 is 0 Å². The second kappa shape index (κ2) is 4.64. The van der Waals surface area contributed by atoms with Crippen molar-refractivity contribution in [2.24, 2.45) is 0 Å². The number of nitrogens with zero attached hydrogens (tertiary/aromatic N) is 1. The Morgan fingerprint density at radius 3 is 3.07 bits per heavy atom. The summed E-state index contributed by atoms with van der Waals surface area (Å²) < 4.78 is 0. The lowest BCUT2D eigenvalue weighted by Gasteiger charge is -1.96. The van der Waals surface area contributed by atoms with E-state index in [9.17, 15) is 0 Å². The molecule has 80 valence electrons. The number of imidazole rings is 1. The molecular weight excluding hydrogens is 210 g/mol. The standard InChI is InChI=1S/C11H14ClN3/c1-2-13-7-6-10-14-9-5-3-4-8(12)11(9)15-10/h3-5,13H,2,6-7H2,1H3,(H,14,15). The van der Waals surface area contributed by atoms with Crippen molar-refractivity contribution in [2.75, 3.05) is 13.1 Å². The van der Waals surface area contributed by atoms with Crippen LogP contribution in [-0.2, 0) is 6.42 Å². The van der Waals surface area contributed by atoms with Crippen LogP contribution in [0.15, 0.2) is 18.2 Å². The van der Waals surface area contributed by atoms with Crippen molar-refractivity contribution >= 4 is 22.6 Å². The summed E-state index contributed by atoms with van der Waals surface area (Å²) in [6, 6.07) is 5.78. The zero-order valence-corrected chi connectivity index (χ0v) is 9.43. The van der Waals surface area contributed by atoms with Gasteiger partial charge in [-0.05, 0) is 18.7 Å². The second-order valence-electron chi connectivity index (χ2n) is 3.42.